The second kappa shape index (κ2) is 8.68. The van der Waals surface area contributed by atoms with E-state index in [1.54, 1.807) is 0 Å². The average Bonchev–Trinajstić information content (AvgIpc) is 2.59. The third kappa shape index (κ3) is 4.47. The zero-order chi connectivity index (χ0) is 17.5. The summed E-state index contributed by atoms with van der Waals surface area (Å²) in [5.41, 5.74) is 8.24. The third-order valence-corrected chi connectivity index (χ3v) is 4.73. The first-order chi connectivity index (χ1) is 11.6. The molecule has 0 aliphatic rings. The number of allylic oxidation sites excluding steroid dienone is 4. The Morgan fingerprint density at radius 1 is 1.00 bits per heavy atom. The lowest BCUT2D eigenvalue weighted by molar-refractivity contribution is 0.779. The highest BCUT2D eigenvalue weighted by molar-refractivity contribution is 5.65. The molecule has 24 heavy (non-hydrogen) atoms. The van der Waals surface area contributed by atoms with Crippen molar-refractivity contribution in [2.24, 2.45) is 0 Å². The van der Waals surface area contributed by atoms with E-state index in [0.29, 0.717) is 5.92 Å². The van der Waals surface area contributed by atoms with Gasteiger partial charge in [0.2, 0.25) is 0 Å². The topological polar surface area (TPSA) is 0 Å². The van der Waals surface area contributed by atoms with Crippen LogP contribution in [0.3, 0.4) is 0 Å². The fourth-order valence-corrected chi connectivity index (χ4v) is 3.18. The summed E-state index contributed by atoms with van der Waals surface area (Å²) in [4.78, 5) is 0. The summed E-state index contributed by atoms with van der Waals surface area (Å²) in [7, 11) is 0. The van der Waals surface area contributed by atoms with E-state index in [9.17, 15) is 0 Å². The SMILES string of the molecule is C/C=C\C=C(\CCC)C(C)c1cc(-c2ccc(C)cc2)ccc1C. The van der Waals surface area contributed by atoms with E-state index in [2.05, 4.69) is 95.3 Å². The van der Waals surface area contributed by atoms with Crippen LogP contribution in [0, 0.1) is 13.8 Å². The van der Waals surface area contributed by atoms with E-state index < -0.39 is 0 Å². The minimum absolute atomic E-state index is 0.451. The number of aryl methyl sites for hydroxylation is 2. The number of rotatable bonds is 6. The van der Waals surface area contributed by atoms with Crippen LogP contribution in [0.1, 0.15) is 56.2 Å². The van der Waals surface area contributed by atoms with Crippen molar-refractivity contribution in [2.45, 2.75) is 53.4 Å². The second-order valence-electron chi connectivity index (χ2n) is 6.68. The highest BCUT2D eigenvalue weighted by Gasteiger charge is 2.14. The van der Waals surface area contributed by atoms with Crippen LogP contribution in [0.4, 0.5) is 0 Å². The molecule has 0 bridgehead atoms. The summed E-state index contributed by atoms with van der Waals surface area (Å²) in [6.07, 6.45) is 8.91. The minimum atomic E-state index is 0.451. The number of hydrogen-bond acceptors (Lipinski definition) is 0. The first-order valence-corrected chi connectivity index (χ1v) is 9.06. The highest BCUT2D eigenvalue weighted by atomic mass is 14.2. The van der Waals surface area contributed by atoms with Gasteiger partial charge in [0.15, 0.2) is 0 Å². The Morgan fingerprint density at radius 2 is 1.67 bits per heavy atom. The fourth-order valence-electron chi connectivity index (χ4n) is 3.18. The monoisotopic (exact) mass is 318 g/mol. The number of benzene rings is 2. The van der Waals surface area contributed by atoms with Crippen LogP contribution in [0.15, 0.2) is 66.3 Å². The van der Waals surface area contributed by atoms with Crippen LogP contribution < -0.4 is 0 Å². The predicted molar refractivity (Wildman–Crippen MR) is 108 cm³/mol. The van der Waals surface area contributed by atoms with Gasteiger partial charge in [-0.3, -0.25) is 0 Å². The lowest BCUT2D eigenvalue weighted by Crippen LogP contribution is -2.01. The van der Waals surface area contributed by atoms with Crippen molar-refractivity contribution in [1.29, 1.82) is 0 Å². The van der Waals surface area contributed by atoms with Crippen molar-refractivity contribution in [1.82, 2.24) is 0 Å². The quantitative estimate of drug-likeness (QED) is 0.487. The molecule has 0 saturated heterocycles. The maximum Gasteiger partial charge on any atom is 0.00257 e. The first kappa shape index (κ1) is 18.3. The van der Waals surface area contributed by atoms with Crippen LogP contribution in [0.5, 0.6) is 0 Å². The molecule has 0 aromatic heterocycles. The largest absolute Gasteiger partial charge is 0.0877 e. The van der Waals surface area contributed by atoms with Gasteiger partial charge in [0.1, 0.15) is 0 Å². The molecule has 0 spiro atoms. The van der Waals surface area contributed by atoms with Gasteiger partial charge in [-0.25, -0.2) is 0 Å². The molecule has 0 saturated carbocycles. The zero-order valence-electron chi connectivity index (χ0n) is 15.8. The molecule has 2 aromatic rings. The van der Waals surface area contributed by atoms with Crippen LogP contribution in [0.2, 0.25) is 0 Å². The van der Waals surface area contributed by atoms with Gasteiger partial charge in [0.25, 0.3) is 0 Å². The van der Waals surface area contributed by atoms with Gasteiger partial charge < -0.3 is 0 Å². The molecule has 0 aliphatic heterocycles. The molecule has 1 atom stereocenters. The maximum atomic E-state index is 2.38. The molecule has 1 unspecified atom stereocenters. The molecule has 0 N–H and O–H groups in total. The van der Waals surface area contributed by atoms with Crippen LogP contribution in [0.25, 0.3) is 11.1 Å². The smallest absolute Gasteiger partial charge is 0.00257 e. The average molecular weight is 319 g/mol. The summed E-state index contributed by atoms with van der Waals surface area (Å²) < 4.78 is 0. The van der Waals surface area contributed by atoms with E-state index in [1.807, 2.05) is 0 Å². The normalized spacial score (nSPS) is 13.5. The van der Waals surface area contributed by atoms with Crippen molar-refractivity contribution in [3.05, 3.63) is 83.0 Å². The Balaban J connectivity index is 2.41. The Hall–Kier alpha value is -2.08. The Bertz CT molecular complexity index is 714. The summed E-state index contributed by atoms with van der Waals surface area (Å²) >= 11 is 0. The van der Waals surface area contributed by atoms with Crippen molar-refractivity contribution in [3.8, 4) is 11.1 Å². The van der Waals surface area contributed by atoms with Crippen LogP contribution >= 0.6 is 0 Å². The van der Waals surface area contributed by atoms with E-state index >= 15 is 0 Å². The summed E-state index contributed by atoms with van der Waals surface area (Å²) in [5, 5.41) is 0. The lowest BCUT2D eigenvalue weighted by atomic mass is 9.85. The van der Waals surface area contributed by atoms with Crippen LogP contribution in [-0.2, 0) is 0 Å². The Kier molecular flexibility index (Phi) is 6.61. The second-order valence-corrected chi connectivity index (χ2v) is 6.68. The molecule has 0 amide bonds. The Labute approximate surface area is 147 Å². The van der Waals surface area contributed by atoms with Gasteiger partial charge in [-0.1, -0.05) is 92.1 Å². The minimum Gasteiger partial charge on any atom is -0.0877 e. The van der Waals surface area contributed by atoms with E-state index in [1.165, 1.54) is 39.8 Å². The van der Waals surface area contributed by atoms with Gasteiger partial charge in [-0.2, -0.15) is 0 Å². The Morgan fingerprint density at radius 3 is 2.29 bits per heavy atom. The molecule has 2 rings (SSSR count). The summed E-state index contributed by atoms with van der Waals surface area (Å²) in [5.74, 6) is 0.451. The van der Waals surface area contributed by atoms with Crippen LogP contribution in [-0.4, -0.2) is 0 Å². The van der Waals surface area contributed by atoms with E-state index in [0.717, 1.165) is 6.42 Å². The summed E-state index contributed by atoms with van der Waals surface area (Å²) in [6.45, 7) is 11.0. The molecule has 0 radical (unpaired) electrons. The molecule has 0 heteroatoms. The molecular formula is C24H30. The molecule has 0 fully saturated rings. The van der Waals surface area contributed by atoms with Crippen molar-refractivity contribution in [3.63, 3.8) is 0 Å². The van der Waals surface area contributed by atoms with E-state index in [-0.39, 0.29) is 0 Å². The van der Waals surface area contributed by atoms with Gasteiger partial charge in [-0.05, 0) is 49.4 Å². The molecule has 0 heterocycles. The van der Waals surface area contributed by atoms with E-state index in [4.69, 9.17) is 0 Å². The molecule has 2 aromatic carbocycles. The molecular weight excluding hydrogens is 288 g/mol. The van der Waals surface area contributed by atoms with Gasteiger partial charge in [0, 0.05) is 5.92 Å². The molecule has 126 valence electrons. The maximum absolute atomic E-state index is 2.38. The summed E-state index contributed by atoms with van der Waals surface area (Å²) in [6, 6.07) is 15.7. The first-order valence-electron chi connectivity index (χ1n) is 9.06. The van der Waals surface area contributed by atoms with Crippen molar-refractivity contribution >= 4 is 0 Å². The van der Waals surface area contributed by atoms with Gasteiger partial charge >= 0.3 is 0 Å². The molecule has 0 aliphatic carbocycles. The number of hydrogen-bond donors (Lipinski definition) is 0. The predicted octanol–water partition coefficient (Wildman–Crippen LogP) is 7.38. The van der Waals surface area contributed by atoms with Gasteiger partial charge in [0.05, 0.1) is 0 Å². The van der Waals surface area contributed by atoms with Crippen molar-refractivity contribution in [2.75, 3.05) is 0 Å². The lowest BCUT2D eigenvalue weighted by Gasteiger charge is -2.19. The third-order valence-electron chi connectivity index (χ3n) is 4.73. The van der Waals surface area contributed by atoms with Gasteiger partial charge in [-0.15, -0.1) is 0 Å². The fraction of sp³-hybridized carbons (Fsp3) is 0.333. The van der Waals surface area contributed by atoms with Crippen molar-refractivity contribution < 1.29 is 0 Å². The standard InChI is InChI=1S/C24H30/c1-6-8-10-21(9-7-2)20(5)24-17-23(16-13-19(24)4)22-14-11-18(3)12-15-22/h6,8,10-17,20H,7,9H2,1-5H3/b8-6-,21-10-. The molecule has 0 nitrogen and oxygen atoms in total. The zero-order valence-corrected chi connectivity index (χ0v) is 15.8. The highest BCUT2D eigenvalue weighted by Crippen LogP contribution is 2.33.